The predicted molar refractivity (Wildman–Crippen MR) is 125 cm³/mol. The molecule has 6 nitrogen and oxygen atoms in total. The number of nitrogens with zero attached hydrogens (tertiary/aromatic N) is 3. The number of rotatable bonds is 5. The molecule has 3 rings (SSSR count). The van der Waals surface area contributed by atoms with E-state index in [0.29, 0.717) is 18.4 Å². The van der Waals surface area contributed by atoms with E-state index in [4.69, 9.17) is 0 Å². The van der Waals surface area contributed by atoms with Gasteiger partial charge in [-0.25, -0.2) is 0 Å². The number of likely N-dealkylation sites (tertiary alicyclic amines) is 1. The second kappa shape index (κ2) is 10.2. The number of anilines is 1. The molecule has 0 bridgehead atoms. The Morgan fingerprint density at radius 2 is 1.77 bits per heavy atom. The van der Waals surface area contributed by atoms with Crippen molar-refractivity contribution >= 4 is 33.4 Å². The summed E-state index contributed by atoms with van der Waals surface area (Å²) < 4.78 is 0.896. The van der Waals surface area contributed by atoms with E-state index in [1.165, 1.54) is 6.42 Å². The van der Waals surface area contributed by atoms with Crippen LogP contribution in [-0.2, 0) is 9.59 Å². The number of amides is 2. The van der Waals surface area contributed by atoms with Gasteiger partial charge in [0.15, 0.2) is 0 Å². The third-order valence-electron chi connectivity index (χ3n) is 6.30. The highest BCUT2D eigenvalue weighted by atomic mass is 79.9. The molecular formula is C23H35BrN4O2. The molecule has 1 N–H and O–H groups in total. The van der Waals surface area contributed by atoms with Crippen LogP contribution in [0.2, 0.25) is 0 Å². The van der Waals surface area contributed by atoms with Crippen LogP contribution in [0.3, 0.4) is 0 Å². The maximum absolute atomic E-state index is 12.7. The van der Waals surface area contributed by atoms with E-state index in [2.05, 4.69) is 44.9 Å². The average Bonchev–Trinajstić information content (AvgIpc) is 2.69. The van der Waals surface area contributed by atoms with Crippen molar-refractivity contribution in [2.75, 3.05) is 51.1 Å². The molecule has 0 spiro atoms. The van der Waals surface area contributed by atoms with Crippen molar-refractivity contribution in [3.8, 4) is 0 Å². The minimum Gasteiger partial charge on any atom is -0.341 e. The van der Waals surface area contributed by atoms with Crippen LogP contribution in [0.25, 0.3) is 0 Å². The van der Waals surface area contributed by atoms with Gasteiger partial charge in [-0.05, 0) is 65.7 Å². The van der Waals surface area contributed by atoms with Crippen molar-refractivity contribution < 1.29 is 9.59 Å². The van der Waals surface area contributed by atoms with Gasteiger partial charge in [-0.1, -0.05) is 19.9 Å². The van der Waals surface area contributed by atoms with Gasteiger partial charge in [0.1, 0.15) is 0 Å². The number of halogens is 1. The van der Waals surface area contributed by atoms with Crippen molar-refractivity contribution in [2.24, 2.45) is 11.8 Å². The maximum Gasteiger partial charge on any atom is 0.241 e. The van der Waals surface area contributed by atoms with Gasteiger partial charge in [-0.2, -0.15) is 0 Å². The summed E-state index contributed by atoms with van der Waals surface area (Å²) in [6.45, 7) is 13.9. The number of piperazine rings is 1. The first-order valence-corrected chi connectivity index (χ1v) is 11.8. The third kappa shape index (κ3) is 6.05. The summed E-state index contributed by atoms with van der Waals surface area (Å²) in [5.74, 6) is 1.42. The van der Waals surface area contributed by atoms with Gasteiger partial charge in [0.25, 0.3) is 0 Å². The van der Waals surface area contributed by atoms with E-state index in [1.54, 1.807) is 0 Å². The molecule has 1 aromatic carbocycles. The molecule has 2 aliphatic rings. The van der Waals surface area contributed by atoms with Gasteiger partial charge in [-0.15, -0.1) is 0 Å². The molecule has 0 radical (unpaired) electrons. The quantitative estimate of drug-likeness (QED) is 0.705. The number of carbonyl (C=O) groups excluding carboxylic acids is 2. The molecule has 2 saturated heterocycles. The van der Waals surface area contributed by atoms with Crippen molar-refractivity contribution in [1.82, 2.24) is 14.7 Å². The Morgan fingerprint density at radius 1 is 1.13 bits per heavy atom. The molecule has 1 aromatic rings. The van der Waals surface area contributed by atoms with Gasteiger partial charge >= 0.3 is 0 Å². The molecule has 7 heteroatoms. The summed E-state index contributed by atoms with van der Waals surface area (Å²) >= 11 is 3.52. The summed E-state index contributed by atoms with van der Waals surface area (Å²) in [5, 5.41) is 3.03. The van der Waals surface area contributed by atoms with Crippen LogP contribution >= 0.6 is 15.9 Å². The van der Waals surface area contributed by atoms with Crippen molar-refractivity contribution in [3.63, 3.8) is 0 Å². The van der Waals surface area contributed by atoms with Gasteiger partial charge in [-0.3, -0.25) is 19.4 Å². The molecule has 2 heterocycles. The topological polar surface area (TPSA) is 55.9 Å². The minimum atomic E-state index is -0.208. The number of aryl methyl sites for hydroxylation is 1. The SMILES string of the molecule is Cc1ccc(NC(=O)C(C)N2CCN(CC(=O)N3CC(C)CC(C)C3)CC2)c(Br)c1. The molecule has 0 aliphatic carbocycles. The largest absolute Gasteiger partial charge is 0.341 e. The Kier molecular flexibility index (Phi) is 7.93. The molecular weight excluding hydrogens is 444 g/mol. The lowest BCUT2D eigenvalue weighted by Gasteiger charge is -2.39. The molecule has 2 amide bonds. The standard InChI is InChI=1S/C23H35BrN4O2/c1-16-5-6-21(20(24)12-16)25-23(30)19(4)27-9-7-26(8-10-27)15-22(29)28-13-17(2)11-18(3)14-28/h5-6,12,17-19H,7-11,13-15H2,1-4H3,(H,25,30). The van der Waals surface area contributed by atoms with Crippen LogP contribution in [0.15, 0.2) is 22.7 Å². The molecule has 3 atom stereocenters. The van der Waals surface area contributed by atoms with E-state index in [9.17, 15) is 9.59 Å². The fourth-order valence-corrected chi connectivity index (χ4v) is 5.18. The van der Waals surface area contributed by atoms with Gasteiger partial charge in [0.05, 0.1) is 18.3 Å². The predicted octanol–water partition coefficient (Wildman–Crippen LogP) is 3.21. The zero-order chi connectivity index (χ0) is 21.8. The first-order valence-electron chi connectivity index (χ1n) is 11.0. The molecule has 0 saturated carbocycles. The third-order valence-corrected chi connectivity index (χ3v) is 6.95. The molecule has 30 heavy (non-hydrogen) atoms. The first kappa shape index (κ1) is 23.2. The van der Waals surface area contributed by atoms with Gasteiger partial charge < -0.3 is 10.2 Å². The Morgan fingerprint density at radius 3 is 2.37 bits per heavy atom. The van der Waals surface area contributed by atoms with Crippen LogP contribution in [0.4, 0.5) is 5.69 Å². The second-order valence-corrected chi connectivity index (χ2v) is 10.1. The number of piperidine rings is 1. The van der Waals surface area contributed by atoms with Crippen LogP contribution in [-0.4, -0.2) is 78.4 Å². The molecule has 2 fully saturated rings. The molecule has 2 aliphatic heterocycles. The monoisotopic (exact) mass is 478 g/mol. The van der Waals surface area contributed by atoms with Crippen LogP contribution < -0.4 is 5.32 Å². The number of nitrogens with one attached hydrogen (secondary N) is 1. The Balaban J connectivity index is 1.46. The lowest BCUT2D eigenvalue weighted by molar-refractivity contribution is -0.136. The van der Waals surface area contributed by atoms with E-state index in [-0.39, 0.29) is 17.9 Å². The summed E-state index contributed by atoms with van der Waals surface area (Å²) in [6, 6.07) is 5.71. The number of benzene rings is 1. The van der Waals surface area contributed by atoms with E-state index < -0.39 is 0 Å². The van der Waals surface area contributed by atoms with Crippen molar-refractivity contribution in [3.05, 3.63) is 28.2 Å². The van der Waals surface area contributed by atoms with Gasteiger partial charge in [0, 0.05) is 43.7 Å². The van der Waals surface area contributed by atoms with E-state index in [0.717, 1.165) is 55.0 Å². The smallest absolute Gasteiger partial charge is 0.241 e. The van der Waals surface area contributed by atoms with Crippen LogP contribution in [0.5, 0.6) is 0 Å². The van der Waals surface area contributed by atoms with Crippen LogP contribution in [0.1, 0.15) is 32.8 Å². The minimum absolute atomic E-state index is 0.000344. The lowest BCUT2D eigenvalue weighted by Crippen LogP contribution is -2.55. The molecule has 166 valence electrons. The van der Waals surface area contributed by atoms with E-state index in [1.807, 2.05) is 36.9 Å². The number of hydrogen-bond donors (Lipinski definition) is 1. The summed E-state index contributed by atoms with van der Waals surface area (Å²) in [6.07, 6.45) is 1.21. The number of carbonyl (C=O) groups is 2. The highest BCUT2D eigenvalue weighted by molar-refractivity contribution is 9.10. The fraction of sp³-hybridized carbons (Fsp3) is 0.652. The van der Waals surface area contributed by atoms with E-state index >= 15 is 0 Å². The highest BCUT2D eigenvalue weighted by Gasteiger charge is 2.29. The van der Waals surface area contributed by atoms with Crippen molar-refractivity contribution in [2.45, 2.75) is 40.2 Å². The fourth-order valence-electron chi connectivity index (χ4n) is 4.59. The Hall–Kier alpha value is -1.44. The summed E-state index contributed by atoms with van der Waals surface area (Å²) in [5.41, 5.74) is 1.94. The zero-order valence-electron chi connectivity index (χ0n) is 18.7. The Labute approximate surface area is 189 Å². The Bertz CT molecular complexity index is 754. The maximum atomic E-state index is 12.7. The average molecular weight is 479 g/mol. The normalized spacial score (nSPS) is 24.5. The molecule has 0 aromatic heterocycles. The first-order chi connectivity index (χ1) is 14.2. The summed E-state index contributed by atoms with van der Waals surface area (Å²) in [4.78, 5) is 31.9. The van der Waals surface area contributed by atoms with Gasteiger partial charge in [0.2, 0.25) is 11.8 Å². The number of hydrogen-bond acceptors (Lipinski definition) is 4. The lowest BCUT2D eigenvalue weighted by atomic mass is 9.92. The zero-order valence-corrected chi connectivity index (χ0v) is 20.2. The highest BCUT2D eigenvalue weighted by Crippen LogP contribution is 2.24. The summed E-state index contributed by atoms with van der Waals surface area (Å²) in [7, 11) is 0. The van der Waals surface area contributed by atoms with Crippen molar-refractivity contribution in [1.29, 1.82) is 0 Å². The molecule has 3 unspecified atom stereocenters. The van der Waals surface area contributed by atoms with Crippen LogP contribution in [0, 0.1) is 18.8 Å². The second-order valence-electron chi connectivity index (χ2n) is 9.21.